The number of oxazole rings is 1. The van der Waals surface area contributed by atoms with Crippen molar-refractivity contribution < 1.29 is 4.42 Å². The molecule has 0 aliphatic rings. The van der Waals surface area contributed by atoms with E-state index in [1.807, 2.05) is 37.3 Å². The van der Waals surface area contributed by atoms with Gasteiger partial charge in [0, 0.05) is 11.4 Å². The summed E-state index contributed by atoms with van der Waals surface area (Å²) >= 11 is 5.79. The summed E-state index contributed by atoms with van der Waals surface area (Å²) in [4.78, 5) is 4.56. The summed E-state index contributed by atoms with van der Waals surface area (Å²) in [7, 11) is 0. The van der Waals surface area contributed by atoms with E-state index in [1.54, 1.807) is 0 Å². The number of aromatic nitrogens is 1. The van der Waals surface area contributed by atoms with E-state index in [2.05, 4.69) is 18.0 Å². The molecule has 1 aromatic heterocycles. The van der Waals surface area contributed by atoms with Gasteiger partial charge >= 0.3 is 0 Å². The average Bonchev–Trinajstić information content (AvgIpc) is 2.83. The SMILES string of the molecule is Cc1cc(C)c2oc(-c3ccc(CCl)cc3)nc2c1. The van der Waals surface area contributed by atoms with Crippen molar-refractivity contribution in [1.29, 1.82) is 0 Å². The molecule has 3 heteroatoms. The first-order valence-corrected chi connectivity index (χ1v) is 6.74. The van der Waals surface area contributed by atoms with Gasteiger partial charge in [-0.3, -0.25) is 0 Å². The topological polar surface area (TPSA) is 26.0 Å². The van der Waals surface area contributed by atoms with Crippen molar-refractivity contribution in [3.63, 3.8) is 0 Å². The molecule has 96 valence electrons. The minimum absolute atomic E-state index is 0.520. The minimum atomic E-state index is 0.520. The molecule has 0 amide bonds. The lowest BCUT2D eigenvalue weighted by Gasteiger charge is -1.97. The Balaban J connectivity index is 2.12. The van der Waals surface area contributed by atoms with Gasteiger partial charge in [0.25, 0.3) is 0 Å². The molecule has 0 bridgehead atoms. The molecule has 0 aliphatic carbocycles. The molecule has 3 aromatic rings. The van der Waals surface area contributed by atoms with Crippen LogP contribution in [0.3, 0.4) is 0 Å². The molecular weight excluding hydrogens is 258 g/mol. The summed E-state index contributed by atoms with van der Waals surface area (Å²) in [5, 5.41) is 0. The van der Waals surface area contributed by atoms with Gasteiger partial charge in [0.05, 0.1) is 0 Å². The van der Waals surface area contributed by atoms with Crippen LogP contribution in [0.2, 0.25) is 0 Å². The fraction of sp³-hybridized carbons (Fsp3) is 0.188. The molecule has 0 saturated heterocycles. The molecule has 0 unspecified atom stereocenters. The van der Waals surface area contributed by atoms with Crippen molar-refractivity contribution in [3.05, 3.63) is 53.1 Å². The predicted molar refractivity (Wildman–Crippen MR) is 78.5 cm³/mol. The molecule has 2 nitrogen and oxygen atoms in total. The minimum Gasteiger partial charge on any atom is -0.436 e. The van der Waals surface area contributed by atoms with Crippen LogP contribution >= 0.6 is 11.6 Å². The van der Waals surface area contributed by atoms with E-state index in [0.29, 0.717) is 11.8 Å². The Kier molecular flexibility index (Phi) is 3.03. The van der Waals surface area contributed by atoms with Gasteiger partial charge in [-0.05, 0) is 48.7 Å². The normalized spacial score (nSPS) is 11.1. The Morgan fingerprint density at radius 3 is 2.53 bits per heavy atom. The third-order valence-corrected chi connectivity index (χ3v) is 3.48. The summed E-state index contributed by atoms with van der Waals surface area (Å²) < 4.78 is 5.87. The highest BCUT2D eigenvalue weighted by atomic mass is 35.5. The molecule has 3 rings (SSSR count). The lowest BCUT2D eigenvalue weighted by molar-refractivity contribution is 0.617. The summed E-state index contributed by atoms with van der Waals surface area (Å²) in [5.74, 6) is 1.18. The third-order valence-electron chi connectivity index (χ3n) is 3.18. The molecule has 2 aromatic carbocycles. The average molecular weight is 272 g/mol. The fourth-order valence-electron chi connectivity index (χ4n) is 2.24. The molecule has 0 fully saturated rings. The van der Waals surface area contributed by atoms with Gasteiger partial charge in [0.2, 0.25) is 5.89 Å². The predicted octanol–water partition coefficient (Wildman–Crippen LogP) is 4.85. The van der Waals surface area contributed by atoms with E-state index in [9.17, 15) is 0 Å². The number of hydrogen-bond donors (Lipinski definition) is 0. The van der Waals surface area contributed by atoms with Gasteiger partial charge in [-0.1, -0.05) is 18.2 Å². The van der Waals surface area contributed by atoms with Crippen molar-refractivity contribution in [2.24, 2.45) is 0 Å². The fourth-order valence-corrected chi connectivity index (χ4v) is 2.41. The highest BCUT2D eigenvalue weighted by molar-refractivity contribution is 6.17. The van der Waals surface area contributed by atoms with E-state index >= 15 is 0 Å². The lowest BCUT2D eigenvalue weighted by Crippen LogP contribution is -1.80. The molecule has 0 N–H and O–H groups in total. The van der Waals surface area contributed by atoms with Gasteiger partial charge in [0.1, 0.15) is 5.52 Å². The Labute approximate surface area is 117 Å². The zero-order chi connectivity index (χ0) is 13.4. The molecule has 0 atom stereocenters. The first-order chi connectivity index (χ1) is 9.17. The van der Waals surface area contributed by atoms with Crippen molar-refractivity contribution >= 4 is 22.7 Å². The smallest absolute Gasteiger partial charge is 0.227 e. The second-order valence-corrected chi connectivity index (χ2v) is 5.05. The second kappa shape index (κ2) is 4.71. The number of halogens is 1. The summed E-state index contributed by atoms with van der Waals surface area (Å²) in [6.45, 7) is 4.11. The Bertz CT molecular complexity index is 728. The molecule has 0 spiro atoms. The first kappa shape index (κ1) is 12.2. The Hall–Kier alpha value is -1.80. The maximum Gasteiger partial charge on any atom is 0.227 e. The van der Waals surface area contributed by atoms with Crippen molar-refractivity contribution in [3.8, 4) is 11.5 Å². The highest BCUT2D eigenvalue weighted by Gasteiger charge is 2.10. The zero-order valence-electron chi connectivity index (χ0n) is 10.9. The van der Waals surface area contributed by atoms with E-state index in [1.165, 1.54) is 5.56 Å². The van der Waals surface area contributed by atoms with Gasteiger partial charge in [-0.2, -0.15) is 0 Å². The van der Waals surface area contributed by atoms with Crippen molar-refractivity contribution in [2.45, 2.75) is 19.7 Å². The number of nitrogens with zero attached hydrogens (tertiary/aromatic N) is 1. The molecule has 1 heterocycles. The monoisotopic (exact) mass is 271 g/mol. The summed E-state index contributed by atoms with van der Waals surface area (Å²) in [6, 6.07) is 12.1. The van der Waals surface area contributed by atoms with Gasteiger partial charge in [-0.15, -0.1) is 11.6 Å². The quantitative estimate of drug-likeness (QED) is 0.623. The van der Waals surface area contributed by atoms with Crippen molar-refractivity contribution in [2.75, 3.05) is 0 Å². The summed E-state index contributed by atoms with van der Waals surface area (Å²) in [6.07, 6.45) is 0. The number of fused-ring (bicyclic) bond motifs is 1. The number of rotatable bonds is 2. The number of hydrogen-bond acceptors (Lipinski definition) is 2. The second-order valence-electron chi connectivity index (χ2n) is 4.78. The number of benzene rings is 2. The van der Waals surface area contributed by atoms with Crippen LogP contribution in [-0.4, -0.2) is 4.98 Å². The van der Waals surface area contributed by atoms with E-state index in [4.69, 9.17) is 16.0 Å². The van der Waals surface area contributed by atoms with Gasteiger partial charge in [0.15, 0.2) is 5.58 Å². The molecule has 0 aliphatic heterocycles. The third kappa shape index (κ3) is 2.24. The zero-order valence-corrected chi connectivity index (χ0v) is 11.7. The van der Waals surface area contributed by atoms with Crippen molar-refractivity contribution in [1.82, 2.24) is 4.98 Å². The van der Waals surface area contributed by atoms with Crippen LogP contribution in [0.1, 0.15) is 16.7 Å². The number of alkyl halides is 1. The Morgan fingerprint density at radius 1 is 1.11 bits per heavy atom. The van der Waals surface area contributed by atoms with Crippen LogP contribution in [0.5, 0.6) is 0 Å². The van der Waals surface area contributed by atoms with E-state index < -0.39 is 0 Å². The summed E-state index contributed by atoms with van der Waals surface area (Å²) in [5.41, 5.74) is 6.15. The molecular formula is C16H14ClNO. The van der Waals surface area contributed by atoms with Crippen LogP contribution in [0, 0.1) is 13.8 Å². The van der Waals surface area contributed by atoms with Crippen LogP contribution in [0.25, 0.3) is 22.6 Å². The van der Waals surface area contributed by atoms with E-state index in [0.717, 1.165) is 27.8 Å². The van der Waals surface area contributed by atoms with Gasteiger partial charge in [-0.25, -0.2) is 4.98 Å². The van der Waals surface area contributed by atoms with Crippen LogP contribution in [-0.2, 0) is 5.88 Å². The highest BCUT2D eigenvalue weighted by Crippen LogP contribution is 2.27. The Morgan fingerprint density at radius 2 is 1.84 bits per heavy atom. The maximum atomic E-state index is 5.87. The van der Waals surface area contributed by atoms with E-state index in [-0.39, 0.29) is 0 Å². The molecule has 0 saturated carbocycles. The standard InChI is InChI=1S/C16H14ClNO/c1-10-7-11(2)15-14(8-10)18-16(19-15)13-5-3-12(9-17)4-6-13/h3-8H,9H2,1-2H3. The maximum absolute atomic E-state index is 5.87. The van der Waals surface area contributed by atoms with Crippen LogP contribution < -0.4 is 0 Å². The molecule has 0 radical (unpaired) electrons. The van der Waals surface area contributed by atoms with Gasteiger partial charge < -0.3 is 4.42 Å². The van der Waals surface area contributed by atoms with Crippen LogP contribution in [0.4, 0.5) is 0 Å². The first-order valence-electron chi connectivity index (χ1n) is 6.20. The van der Waals surface area contributed by atoms with Crippen LogP contribution in [0.15, 0.2) is 40.8 Å². The number of aryl methyl sites for hydroxylation is 2. The lowest BCUT2D eigenvalue weighted by atomic mass is 10.1. The largest absolute Gasteiger partial charge is 0.436 e. The molecule has 19 heavy (non-hydrogen) atoms.